The highest BCUT2D eigenvalue weighted by molar-refractivity contribution is 5.89. The summed E-state index contributed by atoms with van der Waals surface area (Å²) in [6, 6.07) is 3.96. The standard InChI is InChI=1S/C18H21NO4/c1-19-7-6-17-14-10-2-3-11(9-20)15(14)23-16(17)12(21)4-5-18(17,22)13(19)8-10/h2-3,13,16,20,22H,4-9H2,1H3/t13-,16+,17+,18-/m1/s1. The number of carbonyl (C=O) groups is 1. The van der Waals surface area contributed by atoms with E-state index in [2.05, 4.69) is 11.9 Å². The number of nitrogens with zero attached hydrogens (tertiary/aromatic N) is 1. The van der Waals surface area contributed by atoms with Crippen molar-refractivity contribution < 1.29 is 19.7 Å². The molecule has 1 saturated heterocycles. The molecular weight excluding hydrogens is 294 g/mol. The zero-order valence-corrected chi connectivity index (χ0v) is 13.2. The zero-order chi connectivity index (χ0) is 16.0. The van der Waals surface area contributed by atoms with Crippen LogP contribution in [0.5, 0.6) is 5.75 Å². The number of aliphatic hydroxyl groups excluding tert-OH is 1. The number of hydrogen-bond donors (Lipinski definition) is 2. The summed E-state index contributed by atoms with van der Waals surface area (Å²) in [6.07, 6.45) is 1.77. The van der Waals surface area contributed by atoms with Crippen LogP contribution in [0.25, 0.3) is 0 Å². The van der Waals surface area contributed by atoms with E-state index < -0.39 is 17.1 Å². The molecule has 1 aromatic carbocycles. The van der Waals surface area contributed by atoms with Crippen molar-refractivity contribution in [2.24, 2.45) is 0 Å². The van der Waals surface area contributed by atoms with Gasteiger partial charge in [-0.3, -0.25) is 4.79 Å². The number of ether oxygens (including phenoxy) is 1. The molecule has 2 bridgehead atoms. The Morgan fingerprint density at radius 2 is 2.22 bits per heavy atom. The molecule has 5 rings (SSSR count). The molecule has 2 fully saturated rings. The van der Waals surface area contributed by atoms with E-state index in [4.69, 9.17) is 4.74 Å². The fraction of sp³-hybridized carbons (Fsp3) is 0.611. The second-order valence-corrected chi connectivity index (χ2v) is 7.56. The van der Waals surface area contributed by atoms with Gasteiger partial charge in [0.05, 0.1) is 17.6 Å². The molecule has 0 amide bonds. The van der Waals surface area contributed by atoms with Crippen molar-refractivity contribution >= 4 is 5.78 Å². The average molecular weight is 315 g/mol. The summed E-state index contributed by atoms with van der Waals surface area (Å²) in [5.74, 6) is 0.748. The summed E-state index contributed by atoms with van der Waals surface area (Å²) < 4.78 is 6.13. The van der Waals surface area contributed by atoms with Gasteiger partial charge in [-0.25, -0.2) is 0 Å². The molecule has 0 aromatic heterocycles. The number of likely N-dealkylation sites (tertiary alicyclic amines) is 1. The molecule has 23 heavy (non-hydrogen) atoms. The van der Waals surface area contributed by atoms with Crippen molar-refractivity contribution in [1.29, 1.82) is 0 Å². The van der Waals surface area contributed by atoms with Gasteiger partial charge in [-0.15, -0.1) is 0 Å². The van der Waals surface area contributed by atoms with Crippen molar-refractivity contribution in [1.82, 2.24) is 4.90 Å². The lowest BCUT2D eigenvalue weighted by Crippen LogP contribution is -2.76. The van der Waals surface area contributed by atoms with Gasteiger partial charge in [-0.05, 0) is 38.4 Å². The SMILES string of the molecule is CN1CC[C@]23c4c5ccc(CO)c4O[C@H]2C(=O)CC[C@@]3(O)[C@H]1C5. The summed E-state index contributed by atoms with van der Waals surface area (Å²) in [5, 5.41) is 21.4. The van der Waals surface area contributed by atoms with Crippen molar-refractivity contribution in [3.8, 4) is 5.75 Å². The maximum absolute atomic E-state index is 12.6. The Morgan fingerprint density at radius 3 is 3.00 bits per heavy atom. The number of rotatable bonds is 1. The molecule has 2 aliphatic carbocycles. The van der Waals surface area contributed by atoms with E-state index in [9.17, 15) is 15.0 Å². The maximum atomic E-state index is 12.6. The minimum absolute atomic E-state index is 0.0221. The number of Topliss-reactive ketones (excluding diaryl/α,β-unsaturated/α-hetero) is 1. The molecule has 5 heteroatoms. The molecule has 0 radical (unpaired) electrons. The van der Waals surface area contributed by atoms with Gasteiger partial charge in [0, 0.05) is 23.6 Å². The number of hydrogen-bond acceptors (Lipinski definition) is 5. The number of ketones is 1. The number of benzene rings is 1. The van der Waals surface area contributed by atoms with Gasteiger partial charge in [0.2, 0.25) is 0 Å². The van der Waals surface area contributed by atoms with E-state index in [1.54, 1.807) is 0 Å². The van der Waals surface area contributed by atoms with E-state index in [0.717, 1.165) is 36.1 Å². The topological polar surface area (TPSA) is 70.0 Å². The van der Waals surface area contributed by atoms with Crippen molar-refractivity contribution in [2.45, 2.75) is 55.5 Å². The third-order valence-corrected chi connectivity index (χ3v) is 6.80. The molecular formula is C18H21NO4. The Bertz CT molecular complexity index is 732. The van der Waals surface area contributed by atoms with Crippen molar-refractivity contribution in [2.75, 3.05) is 13.6 Å². The van der Waals surface area contributed by atoms with Crippen molar-refractivity contribution in [3.63, 3.8) is 0 Å². The quantitative estimate of drug-likeness (QED) is 0.791. The van der Waals surface area contributed by atoms with Crippen LogP contribution in [0.3, 0.4) is 0 Å². The van der Waals surface area contributed by atoms with E-state index >= 15 is 0 Å². The summed E-state index contributed by atoms with van der Waals surface area (Å²) in [5.41, 5.74) is 1.34. The van der Waals surface area contributed by atoms with Gasteiger partial charge in [0.15, 0.2) is 11.9 Å². The Kier molecular flexibility index (Phi) is 2.52. The number of piperidine rings is 1. The van der Waals surface area contributed by atoms with Gasteiger partial charge in [-0.2, -0.15) is 0 Å². The lowest BCUT2D eigenvalue weighted by Gasteiger charge is -2.62. The Hall–Kier alpha value is -1.43. The summed E-state index contributed by atoms with van der Waals surface area (Å²) in [4.78, 5) is 14.9. The van der Waals surface area contributed by atoms with E-state index in [1.807, 2.05) is 12.1 Å². The smallest absolute Gasteiger partial charge is 0.174 e. The maximum Gasteiger partial charge on any atom is 0.174 e. The highest BCUT2D eigenvalue weighted by Crippen LogP contribution is 2.63. The highest BCUT2D eigenvalue weighted by Gasteiger charge is 2.72. The first-order valence-corrected chi connectivity index (χ1v) is 8.41. The Morgan fingerprint density at radius 1 is 1.39 bits per heavy atom. The van der Waals surface area contributed by atoms with Gasteiger partial charge >= 0.3 is 0 Å². The van der Waals surface area contributed by atoms with Crippen LogP contribution in [0.2, 0.25) is 0 Å². The third kappa shape index (κ3) is 1.35. The van der Waals surface area contributed by atoms with Gasteiger partial charge in [0.25, 0.3) is 0 Å². The largest absolute Gasteiger partial charge is 0.481 e. The molecule has 2 aliphatic heterocycles. The van der Waals surface area contributed by atoms with Gasteiger partial charge in [0.1, 0.15) is 5.75 Å². The first-order valence-electron chi connectivity index (χ1n) is 8.41. The van der Waals surface area contributed by atoms with Crippen LogP contribution in [0.15, 0.2) is 12.1 Å². The number of aliphatic hydroxyl groups is 2. The van der Waals surface area contributed by atoms with E-state index in [-0.39, 0.29) is 18.4 Å². The van der Waals surface area contributed by atoms with Crippen LogP contribution in [-0.2, 0) is 23.2 Å². The zero-order valence-electron chi connectivity index (χ0n) is 13.2. The summed E-state index contributed by atoms with van der Waals surface area (Å²) in [6.45, 7) is 0.740. The van der Waals surface area contributed by atoms with Crippen LogP contribution in [0.4, 0.5) is 0 Å². The molecule has 2 heterocycles. The number of likely N-dealkylation sites (N-methyl/N-ethyl adjacent to an activating group) is 1. The lowest BCUT2D eigenvalue weighted by atomic mass is 9.49. The van der Waals surface area contributed by atoms with E-state index in [0.29, 0.717) is 18.6 Å². The second-order valence-electron chi connectivity index (χ2n) is 7.56. The summed E-state index contributed by atoms with van der Waals surface area (Å²) >= 11 is 0. The van der Waals surface area contributed by atoms with Crippen LogP contribution in [-0.4, -0.2) is 52.2 Å². The molecule has 1 spiro atoms. The first-order chi connectivity index (χ1) is 11.0. The highest BCUT2D eigenvalue weighted by atomic mass is 16.5. The molecule has 1 saturated carbocycles. The Balaban J connectivity index is 1.86. The third-order valence-electron chi connectivity index (χ3n) is 6.80. The van der Waals surface area contributed by atoms with Crippen LogP contribution in [0.1, 0.15) is 36.0 Å². The molecule has 2 N–H and O–H groups in total. The second kappa shape index (κ2) is 4.15. The fourth-order valence-electron chi connectivity index (χ4n) is 5.73. The number of carbonyl (C=O) groups excluding carboxylic acids is 1. The van der Waals surface area contributed by atoms with Crippen LogP contribution >= 0.6 is 0 Å². The predicted octanol–water partition coefficient (Wildman–Crippen LogP) is 0.532. The average Bonchev–Trinajstić information content (AvgIpc) is 2.90. The molecule has 4 aliphatic rings. The van der Waals surface area contributed by atoms with Crippen LogP contribution in [0, 0.1) is 0 Å². The van der Waals surface area contributed by atoms with Gasteiger partial charge in [-0.1, -0.05) is 12.1 Å². The molecule has 1 aromatic rings. The molecule has 5 nitrogen and oxygen atoms in total. The molecule has 122 valence electrons. The Labute approximate surface area is 134 Å². The predicted molar refractivity (Wildman–Crippen MR) is 82.4 cm³/mol. The lowest BCUT2D eigenvalue weighted by molar-refractivity contribution is -0.185. The fourth-order valence-corrected chi connectivity index (χ4v) is 5.73. The van der Waals surface area contributed by atoms with Crippen molar-refractivity contribution in [3.05, 3.63) is 28.8 Å². The minimum atomic E-state index is -0.926. The summed E-state index contributed by atoms with van der Waals surface area (Å²) in [7, 11) is 2.06. The normalized spacial score (nSPS) is 40.7. The first kappa shape index (κ1) is 14.0. The molecule has 4 atom stereocenters. The van der Waals surface area contributed by atoms with Gasteiger partial charge < -0.3 is 19.8 Å². The minimum Gasteiger partial charge on any atom is -0.481 e. The van der Waals surface area contributed by atoms with E-state index in [1.165, 1.54) is 0 Å². The molecule has 0 unspecified atom stereocenters. The monoisotopic (exact) mass is 315 g/mol. The van der Waals surface area contributed by atoms with Crippen LogP contribution < -0.4 is 4.74 Å².